The fourth-order valence-corrected chi connectivity index (χ4v) is 1.14. The molecule has 12 heavy (non-hydrogen) atoms. The SMILES string of the molecule is CC(CF)CC(CN)CC(=O)O. The third-order valence-corrected chi connectivity index (χ3v) is 1.80. The highest BCUT2D eigenvalue weighted by Crippen LogP contribution is 2.14. The summed E-state index contributed by atoms with van der Waals surface area (Å²) < 4.78 is 12.0. The zero-order chi connectivity index (χ0) is 9.56. The number of aliphatic carboxylic acids is 1. The standard InChI is InChI=1S/C8H16FNO2/c1-6(4-9)2-7(5-10)3-8(11)12/h6-7H,2-5,10H2,1H3,(H,11,12). The molecular formula is C8H16FNO2. The zero-order valence-electron chi connectivity index (χ0n) is 7.29. The second-order valence-corrected chi connectivity index (χ2v) is 3.19. The van der Waals surface area contributed by atoms with Crippen LogP contribution in [-0.2, 0) is 4.79 Å². The Kier molecular flexibility index (Phi) is 5.62. The summed E-state index contributed by atoms with van der Waals surface area (Å²) in [5.41, 5.74) is 5.34. The Morgan fingerprint density at radius 1 is 1.67 bits per heavy atom. The molecule has 3 N–H and O–H groups in total. The van der Waals surface area contributed by atoms with Gasteiger partial charge in [0.05, 0.1) is 6.67 Å². The van der Waals surface area contributed by atoms with Crippen LogP contribution in [0.25, 0.3) is 0 Å². The van der Waals surface area contributed by atoms with Crippen LogP contribution in [0.5, 0.6) is 0 Å². The lowest BCUT2D eigenvalue weighted by atomic mass is 9.94. The van der Waals surface area contributed by atoms with E-state index in [1.165, 1.54) is 0 Å². The van der Waals surface area contributed by atoms with Gasteiger partial charge in [-0.05, 0) is 24.8 Å². The predicted molar refractivity (Wildman–Crippen MR) is 44.6 cm³/mol. The molecular weight excluding hydrogens is 161 g/mol. The molecule has 2 unspecified atom stereocenters. The molecule has 0 radical (unpaired) electrons. The minimum atomic E-state index is -0.864. The Bertz CT molecular complexity index is 141. The van der Waals surface area contributed by atoms with Gasteiger partial charge in [0.1, 0.15) is 0 Å². The number of carboxylic acid groups (broad SMARTS) is 1. The van der Waals surface area contributed by atoms with E-state index in [2.05, 4.69) is 0 Å². The van der Waals surface area contributed by atoms with Crippen molar-refractivity contribution in [1.82, 2.24) is 0 Å². The summed E-state index contributed by atoms with van der Waals surface area (Å²) in [6.45, 7) is 1.66. The Balaban J connectivity index is 3.74. The van der Waals surface area contributed by atoms with E-state index in [0.717, 1.165) is 0 Å². The van der Waals surface area contributed by atoms with Crippen LogP contribution in [-0.4, -0.2) is 24.3 Å². The topological polar surface area (TPSA) is 63.3 Å². The number of alkyl halides is 1. The van der Waals surface area contributed by atoms with Gasteiger partial charge in [0, 0.05) is 6.42 Å². The van der Waals surface area contributed by atoms with Crippen LogP contribution in [0.3, 0.4) is 0 Å². The van der Waals surface area contributed by atoms with Crippen molar-refractivity contribution in [1.29, 1.82) is 0 Å². The smallest absolute Gasteiger partial charge is 0.303 e. The first-order valence-corrected chi connectivity index (χ1v) is 4.08. The van der Waals surface area contributed by atoms with Crippen molar-refractivity contribution >= 4 is 5.97 Å². The van der Waals surface area contributed by atoms with Crippen LogP contribution in [0.2, 0.25) is 0 Å². The molecule has 0 rings (SSSR count). The van der Waals surface area contributed by atoms with E-state index < -0.39 is 12.6 Å². The zero-order valence-corrected chi connectivity index (χ0v) is 7.29. The third kappa shape index (κ3) is 5.07. The van der Waals surface area contributed by atoms with Gasteiger partial charge in [-0.15, -0.1) is 0 Å². The van der Waals surface area contributed by atoms with Gasteiger partial charge in [0.15, 0.2) is 0 Å². The Morgan fingerprint density at radius 2 is 2.25 bits per heavy atom. The average Bonchev–Trinajstić information content (AvgIpc) is 2.02. The number of halogens is 1. The highest BCUT2D eigenvalue weighted by Gasteiger charge is 2.14. The molecule has 0 aromatic rings. The molecule has 0 saturated heterocycles. The van der Waals surface area contributed by atoms with Crippen molar-refractivity contribution in [2.24, 2.45) is 17.6 Å². The quantitative estimate of drug-likeness (QED) is 0.637. The molecule has 0 fully saturated rings. The first kappa shape index (κ1) is 11.4. The lowest BCUT2D eigenvalue weighted by Crippen LogP contribution is -2.20. The van der Waals surface area contributed by atoms with Gasteiger partial charge in [0.2, 0.25) is 0 Å². The van der Waals surface area contributed by atoms with Crippen LogP contribution < -0.4 is 5.73 Å². The molecule has 0 aromatic heterocycles. The van der Waals surface area contributed by atoms with Crippen LogP contribution in [0, 0.1) is 11.8 Å². The van der Waals surface area contributed by atoms with Crippen molar-refractivity contribution in [2.45, 2.75) is 19.8 Å². The molecule has 72 valence electrons. The summed E-state index contributed by atoms with van der Waals surface area (Å²) in [6, 6.07) is 0. The number of carboxylic acids is 1. The van der Waals surface area contributed by atoms with E-state index in [1.54, 1.807) is 6.92 Å². The Labute approximate surface area is 71.8 Å². The molecule has 3 nitrogen and oxygen atoms in total. The van der Waals surface area contributed by atoms with E-state index in [0.29, 0.717) is 13.0 Å². The number of hydrogen-bond acceptors (Lipinski definition) is 2. The van der Waals surface area contributed by atoms with E-state index in [1.807, 2.05) is 0 Å². The normalized spacial score (nSPS) is 15.6. The first-order chi connectivity index (χ1) is 5.60. The summed E-state index contributed by atoms with van der Waals surface area (Å²) in [5, 5.41) is 8.45. The maximum Gasteiger partial charge on any atom is 0.303 e. The van der Waals surface area contributed by atoms with Crippen molar-refractivity contribution < 1.29 is 14.3 Å². The second-order valence-electron chi connectivity index (χ2n) is 3.19. The molecule has 0 aliphatic rings. The third-order valence-electron chi connectivity index (χ3n) is 1.80. The Morgan fingerprint density at radius 3 is 2.58 bits per heavy atom. The fraction of sp³-hybridized carbons (Fsp3) is 0.875. The molecule has 4 heteroatoms. The number of hydrogen-bond donors (Lipinski definition) is 2. The summed E-state index contributed by atoms with van der Waals surface area (Å²) in [7, 11) is 0. The number of nitrogens with two attached hydrogens (primary N) is 1. The van der Waals surface area contributed by atoms with Gasteiger partial charge < -0.3 is 10.8 Å². The maximum atomic E-state index is 12.0. The molecule has 0 spiro atoms. The van der Waals surface area contributed by atoms with Gasteiger partial charge in [-0.3, -0.25) is 9.18 Å². The molecule has 0 aromatic carbocycles. The van der Waals surface area contributed by atoms with Gasteiger partial charge in [-0.25, -0.2) is 0 Å². The summed E-state index contributed by atoms with van der Waals surface area (Å²) in [5.74, 6) is -1.04. The van der Waals surface area contributed by atoms with Crippen molar-refractivity contribution in [3.8, 4) is 0 Å². The largest absolute Gasteiger partial charge is 0.481 e. The van der Waals surface area contributed by atoms with Gasteiger partial charge >= 0.3 is 5.97 Å². The van der Waals surface area contributed by atoms with Crippen LogP contribution in [0.4, 0.5) is 4.39 Å². The highest BCUT2D eigenvalue weighted by molar-refractivity contribution is 5.67. The van der Waals surface area contributed by atoms with E-state index in [4.69, 9.17) is 10.8 Å². The van der Waals surface area contributed by atoms with Crippen molar-refractivity contribution in [3.63, 3.8) is 0 Å². The molecule has 0 amide bonds. The van der Waals surface area contributed by atoms with E-state index in [-0.39, 0.29) is 18.3 Å². The molecule has 0 aliphatic heterocycles. The van der Waals surface area contributed by atoms with E-state index >= 15 is 0 Å². The number of carbonyl (C=O) groups is 1. The van der Waals surface area contributed by atoms with Gasteiger partial charge in [0.25, 0.3) is 0 Å². The number of rotatable bonds is 6. The molecule has 0 saturated carbocycles. The molecule has 2 atom stereocenters. The van der Waals surface area contributed by atoms with Crippen molar-refractivity contribution in [3.05, 3.63) is 0 Å². The van der Waals surface area contributed by atoms with E-state index in [9.17, 15) is 9.18 Å². The predicted octanol–water partition coefficient (Wildman–Crippen LogP) is 1.03. The van der Waals surface area contributed by atoms with Crippen LogP contribution in [0.15, 0.2) is 0 Å². The summed E-state index contributed by atoms with van der Waals surface area (Å²) in [6.07, 6.45) is 0.597. The van der Waals surface area contributed by atoms with Gasteiger partial charge in [-0.1, -0.05) is 6.92 Å². The van der Waals surface area contributed by atoms with Crippen LogP contribution >= 0.6 is 0 Å². The average molecular weight is 177 g/mol. The van der Waals surface area contributed by atoms with Crippen molar-refractivity contribution in [2.75, 3.05) is 13.2 Å². The first-order valence-electron chi connectivity index (χ1n) is 4.08. The fourth-order valence-electron chi connectivity index (χ4n) is 1.14. The summed E-state index contributed by atoms with van der Waals surface area (Å²) in [4.78, 5) is 10.3. The lowest BCUT2D eigenvalue weighted by Gasteiger charge is -2.14. The monoisotopic (exact) mass is 177 g/mol. The molecule has 0 aliphatic carbocycles. The molecule has 0 heterocycles. The second kappa shape index (κ2) is 5.94. The minimum Gasteiger partial charge on any atom is -0.481 e. The van der Waals surface area contributed by atoms with Gasteiger partial charge in [-0.2, -0.15) is 0 Å². The van der Waals surface area contributed by atoms with Crippen LogP contribution in [0.1, 0.15) is 19.8 Å². The summed E-state index contributed by atoms with van der Waals surface area (Å²) >= 11 is 0. The lowest BCUT2D eigenvalue weighted by molar-refractivity contribution is -0.138. The minimum absolute atomic E-state index is 0.0425. The molecule has 0 bridgehead atoms. The highest BCUT2D eigenvalue weighted by atomic mass is 19.1. The Hall–Kier alpha value is -0.640. The maximum absolute atomic E-state index is 12.0.